The molecule has 1 N–H and O–H groups in total. The lowest BCUT2D eigenvalue weighted by molar-refractivity contribution is -0.221. The van der Waals surface area contributed by atoms with Gasteiger partial charge in [0.2, 0.25) is 5.91 Å². The molecule has 5 fully saturated rings. The summed E-state index contributed by atoms with van der Waals surface area (Å²) < 4.78 is 0. The fourth-order valence-corrected chi connectivity index (χ4v) is 12.0. The topological polar surface area (TPSA) is 75.7 Å². The van der Waals surface area contributed by atoms with Crippen LogP contribution in [0.2, 0.25) is 0 Å². The smallest absolute Gasteiger partial charge is 0.251 e. The third-order valence-corrected chi connectivity index (χ3v) is 15.1. The van der Waals surface area contributed by atoms with Crippen LogP contribution in [0.15, 0.2) is 11.6 Å². The van der Waals surface area contributed by atoms with Crippen LogP contribution in [0.4, 0.5) is 0 Å². The van der Waals surface area contributed by atoms with E-state index in [0.29, 0.717) is 11.7 Å². The molecule has 0 radical (unpaired) electrons. The third kappa shape index (κ3) is 4.37. The van der Waals surface area contributed by atoms with Crippen LogP contribution < -0.4 is 5.32 Å². The average Bonchev–Trinajstić information content (AvgIpc) is 2.89. The molecule has 0 aliphatic heterocycles. The standard InChI is InChI=1S/C37H58N2O4/c1-23(40)38-29-14-15-35(6)28(32(29,2)3)13-16-37(8)30(35)27(41)21-25-26-22-34(5,31(42)39(9)43-24-11-10-12-24)18-17-33(26,4)19-20-36(25,37)7/h21,24,26,28-30H,10-20,22H2,1-9H3,(H,38,40)/t26-,28?,29-,30+,33+,34-,35-,36+,37+/m0/s1. The van der Waals surface area contributed by atoms with Crippen LogP contribution >= 0.6 is 0 Å². The summed E-state index contributed by atoms with van der Waals surface area (Å²) in [5.74, 6) is 1.05. The Hall–Kier alpha value is -1.69. The number of hydroxylamine groups is 2. The number of allylic oxidation sites excluding steroid dienone is 2. The maximum atomic E-state index is 14.7. The molecule has 0 saturated heterocycles. The van der Waals surface area contributed by atoms with E-state index in [1.54, 1.807) is 19.0 Å². The van der Waals surface area contributed by atoms with Gasteiger partial charge in [-0.1, -0.05) is 54.0 Å². The molecule has 1 unspecified atom stereocenters. The molecule has 0 aromatic rings. The van der Waals surface area contributed by atoms with Gasteiger partial charge in [-0.2, -0.15) is 0 Å². The molecule has 6 rings (SSSR count). The summed E-state index contributed by atoms with van der Waals surface area (Å²) in [7, 11) is 1.81. The molecule has 240 valence electrons. The van der Waals surface area contributed by atoms with Gasteiger partial charge in [-0.15, -0.1) is 0 Å². The van der Waals surface area contributed by atoms with E-state index >= 15 is 0 Å². The minimum atomic E-state index is -0.488. The maximum Gasteiger partial charge on any atom is 0.251 e. The second kappa shape index (κ2) is 9.90. The molecule has 6 nitrogen and oxygen atoms in total. The van der Waals surface area contributed by atoms with E-state index in [0.717, 1.165) is 70.6 Å². The number of hydrogen-bond acceptors (Lipinski definition) is 4. The highest BCUT2D eigenvalue weighted by atomic mass is 16.7. The molecule has 9 atom stereocenters. The number of ketones is 1. The van der Waals surface area contributed by atoms with Gasteiger partial charge in [-0.25, -0.2) is 5.06 Å². The molecular formula is C37H58N2O4. The molecule has 0 aromatic carbocycles. The van der Waals surface area contributed by atoms with Crippen molar-refractivity contribution in [2.45, 2.75) is 145 Å². The predicted octanol–water partition coefficient (Wildman–Crippen LogP) is 7.41. The van der Waals surface area contributed by atoms with Crippen molar-refractivity contribution in [1.82, 2.24) is 10.4 Å². The van der Waals surface area contributed by atoms with Crippen molar-refractivity contribution < 1.29 is 19.2 Å². The van der Waals surface area contributed by atoms with Gasteiger partial charge in [0, 0.05) is 31.3 Å². The summed E-state index contributed by atoms with van der Waals surface area (Å²) in [4.78, 5) is 46.7. The molecule has 0 bridgehead atoms. The molecule has 6 aliphatic rings. The van der Waals surface area contributed by atoms with Gasteiger partial charge in [0.05, 0.1) is 6.10 Å². The summed E-state index contributed by atoms with van der Waals surface area (Å²) in [6.45, 7) is 18.2. The zero-order valence-corrected chi connectivity index (χ0v) is 28.5. The maximum absolute atomic E-state index is 14.7. The first-order valence-electron chi connectivity index (χ1n) is 17.4. The monoisotopic (exact) mass is 594 g/mol. The molecular weight excluding hydrogens is 536 g/mol. The Balaban J connectivity index is 1.34. The van der Waals surface area contributed by atoms with Gasteiger partial charge in [-0.05, 0) is 122 Å². The summed E-state index contributed by atoms with van der Waals surface area (Å²) in [6, 6.07) is 0.145. The summed E-state index contributed by atoms with van der Waals surface area (Å²) in [6.07, 6.45) is 14.5. The first kappa shape index (κ1) is 31.3. The highest BCUT2D eigenvalue weighted by Gasteiger charge is 2.70. The Morgan fingerprint density at radius 1 is 0.907 bits per heavy atom. The molecule has 43 heavy (non-hydrogen) atoms. The van der Waals surface area contributed by atoms with Crippen LogP contribution in [0, 0.1) is 50.2 Å². The van der Waals surface area contributed by atoms with Crippen LogP contribution in [0.3, 0.4) is 0 Å². The first-order chi connectivity index (χ1) is 19.9. The van der Waals surface area contributed by atoms with Gasteiger partial charge in [0.25, 0.3) is 5.91 Å². The third-order valence-electron chi connectivity index (χ3n) is 15.1. The minimum Gasteiger partial charge on any atom is -0.353 e. The average molecular weight is 595 g/mol. The molecule has 2 amide bonds. The van der Waals surface area contributed by atoms with Gasteiger partial charge in [-0.3, -0.25) is 19.2 Å². The highest BCUT2D eigenvalue weighted by Crippen LogP contribution is 2.75. The van der Waals surface area contributed by atoms with E-state index in [4.69, 9.17) is 4.84 Å². The van der Waals surface area contributed by atoms with E-state index in [9.17, 15) is 14.4 Å². The predicted molar refractivity (Wildman–Crippen MR) is 169 cm³/mol. The number of hydrogen-bond donors (Lipinski definition) is 1. The molecule has 0 aromatic heterocycles. The van der Waals surface area contributed by atoms with E-state index in [1.807, 2.05) is 0 Å². The lowest BCUT2D eigenvalue weighted by Crippen LogP contribution is -2.67. The summed E-state index contributed by atoms with van der Waals surface area (Å²) >= 11 is 0. The molecule has 6 aliphatic carbocycles. The van der Waals surface area contributed by atoms with Gasteiger partial charge >= 0.3 is 0 Å². The zero-order valence-electron chi connectivity index (χ0n) is 28.5. The highest BCUT2D eigenvalue weighted by molar-refractivity contribution is 5.95. The Labute approximate surface area is 260 Å². The fourth-order valence-electron chi connectivity index (χ4n) is 12.0. The van der Waals surface area contributed by atoms with Crippen molar-refractivity contribution in [2.24, 2.45) is 50.2 Å². The summed E-state index contributed by atoms with van der Waals surface area (Å²) in [5, 5.41) is 4.82. The molecule has 0 spiro atoms. The van der Waals surface area contributed by atoms with Gasteiger partial charge in [0.1, 0.15) is 0 Å². The van der Waals surface area contributed by atoms with Crippen LogP contribution in [0.25, 0.3) is 0 Å². The first-order valence-corrected chi connectivity index (χ1v) is 17.4. The van der Waals surface area contributed by atoms with E-state index in [2.05, 4.69) is 59.9 Å². The minimum absolute atomic E-state index is 0.0203. The number of amides is 2. The van der Waals surface area contributed by atoms with Crippen LogP contribution in [-0.2, 0) is 19.2 Å². The van der Waals surface area contributed by atoms with Crippen molar-refractivity contribution in [3.63, 3.8) is 0 Å². The zero-order chi connectivity index (χ0) is 31.4. The Bertz CT molecular complexity index is 1240. The van der Waals surface area contributed by atoms with Gasteiger partial charge < -0.3 is 5.32 Å². The van der Waals surface area contributed by atoms with Crippen LogP contribution in [0.1, 0.15) is 132 Å². The lowest BCUT2D eigenvalue weighted by atomic mass is 9.33. The van der Waals surface area contributed by atoms with E-state index < -0.39 is 5.41 Å². The normalized spacial score (nSPS) is 47.1. The number of carbonyl (C=O) groups excluding carboxylic acids is 3. The van der Waals surface area contributed by atoms with Crippen molar-refractivity contribution >= 4 is 17.6 Å². The largest absolute Gasteiger partial charge is 0.353 e. The fraction of sp³-hybridized carbons (Fsp3) is 0.865. The number of carbonyl (C=O) groups is 3. The summed E-state index contributed by atoms with van der Waals surface area (Å²) in [5.41, 5.74) is 0.597. The van der Waals surface area contributed by atoms with Crippen molar-refractivity contribution in [1.29, 1.82) is 0 Å². The molecule has 0 heterocycles. The number of rotatable bonds is 4. The Morgan fingerprint density at radius 3 is 2.21 bits per heavy atom. The lowest BCUT2D eigenvalue weighted by Gasteiger charge is -2.70. The number of nitrogens with one attached hydrogen (secondary N) is 1. The second-order valence-electron chi connectivity index (χ2n) is 17.8. The molecule has 5 saturated carbocycles. The van der Waals surface area contributed by atoms with E-state index in [-0.39, 0.29) is 62.9 Å². The van der Waals surface area contributed by atoms with Crippen LogP contribution in [0.5, 0.6) is 0 Å². The van der Waals surface area contributed by atoms with Gasteiger partial charge in [0.15, 0.2) is 5.78 Å². The number of fused-ring (bicyclic) bond motifs is 7. The number of nitrogens with zero attached hydrogens (tertiary/aromatic N) is 1. The van der Waals surface area contributed by atoms with Crippen LogP contribution in [-0.4, -0.2) is 41.9 Å². The van der Waals surface area contributed by atoms with E-state index in [1.165, 1.54) is 12.0 Å². The molecule has 6 heteroatoms. The van der Waals surface area contributed by atoms with Crippen molar-refractivity contribution in [3.05, 3.63) is 11.6 Å². The Morgan fingerprint density at radius 2 is 1.58 bits per heavy atom. The van der Waals surface area contributed by atoms with Crippen molar-refractivity contribution in [2.75, 3.05) is 7.05 Å². The SMILES string of the molecule is CC(=O)N[C@H]1CC[C@@]2(C)C(CC[C@]3(C)[C@@H]2C(=O)C=C2[C@@H]4C[C@@](C)(C(=O)N(C)OC5CCC5)CC[C@]4(C)CC[C@]23C)C1(C)C. The Kier molecular flexibility index (Phi) is 7.21. The second-order valence-corrected chi connectivity index (χ2v) is 17.8. The quantitative estimate of drug-likeness (QED) is 0.344. The van der Waals surface area contributed by atoms with Crippen molar-refractivity contribution in [3.8, 4) is 0 Å².